The molecule has 1 atom stereocenters. The fraction of sp³-hybridized carbons (Fsp3) is 0.962. The van der Waals surface area contributed by atoms with Gasteiger partial charge in [0.2, 0.25) is 0 Å². The van der Waals surface area contributed by atoms with Gasteiger partial charge in [-0.25, -0.2) is 0 Å². The van der Waals surface area contributed by atoms with Crippen molar-refractivity contribution in [3.8, 4) is 0 Å². The summed E-state index contributed by atoms with van der Waals surface area (Å²) in [6.45, 7) is 2.29. The average Bonchev–Trinajstić information content (AvgIpc) is 2.64. The SMILES string of the molecule is CCCCCCCCCCCC(CC(=O)C12CC3CC(CC(C3)C1)C2)[NH+](C)C.[Br-]. The highest BCUT2D eigenvalue weighted by Crippen LogP contribution is 2.60. The molecule has 4 aliphatic rings. The Labute approximate surface area is 191 Å². The van der Waals surface area contributed by atoms with Gasteiger partial charge in [0.05, 0.1) is 26.6 Å². The van der Waals surface area contributed by atoms with E-state index in [0.29, 0.717) is 11.8 Å². The highest BCUT2D eigenvalue weighted by atomic mass is 79.9. The van der Waals surface area contributed by atoms with E-state index in [0.717, 1.165) is 24.2 Å². The maximum atomic E-state index is 13.5. The molecule has 0 aromatic carbocycles. The molecule has 29 heavy (non-hydrogen) atoms. The molecule has 0 spiro atoms. The summed E-state index contributed by atoms with van der Waals surface area (Å²) in [5, 5.41) is 0. The van der Waals surface area contributed by atoms with E-state index in [2.05, 4.69) is 21.0 Å². The highest BCUT2D eigenvalue weighted by molar-refractivity contribution is 5.85. The van der Waals surface area contributed by atoms with Gasteiger partial charge in [-0.15, -0.1) is 0 Å². The second-order valence-corrected chi connectivity index (χ2v) is 11.2. The van der Waals surface area contributed by atoms with Crippen LogP contribution in [-0.2, 0) is 4.79 Å². The number of quaternary nitrogens is 1. The Morgan fingerprint density at radius 3 is 1.72 bits per heavy atom. The molecular weight excluding hydrogens is 422 g/mol. The molecule has 0 heterocycles. The highest BCUT2D eigenvalue weighted by Gasteiger charge is 2.54. The smallest absolute Gasteiger partial charge is 0.144 e. The number of halogens is 1. The molecule has 170 valence electrons. The van der Waals surface area contributed by atoms with Crippen molar-refractivity contribution in [2.24, 2.45) is 23.2 Å². The van der Waals surface area contributed by atoms with E-state index in [-0.39, 0.29) is 22.4 Å². The number of carbonyl (C=O) groups excluding carboxylic acids is 1. The Hall–Kier alpha value is 0.110. The molecule has 4 aliphatic carbocycles. The maximum absolute atomic E-state index is 13.5. The minimum atomic E-state index is 0. The quantitative estimate of drug-likeness (QED) is 0.388. The Morgan fingerprint density at radius 2 is 1.28 bits per heavy atom. The van der Waals surface area contributed by atoms with E-state index in [1.807, 2.05) is 0 Å². The van der Waals surface area contributed by atoms with Gasteiger partial charge < -0.3 is 21.9 Å². The third-order valence-corrected chi connectivity index (χ3v) is 8.53. The van der Waals surface area contributed by atoms with Crippen LogP contribution in [0.4, 0.5) is 0 Å². The summed E-state index contributed by atoms with van der Waals surface area (Å²) < 4.78 is 0. The lowest BCUT2D eigenvalue weighted by molar-refractivity contribution is -0.885. The van der Waals surface area contributed by atoms with Gasteiger partial charge >= 0.3 is 0 Å². The van der Waals surface area contributed by atoms with Crippen molar-refractivity contribution in [1.82, 2.24) is 0 Å². The Balaban J connectivity index is 0.00000300. The minimum Gasteiger partial charge on any atom is -1.00 e. The van der Waals surface area contributed by atoms with Crippen LogP contribution in [0.3, 0.4) is 0 Å². The van der Waals surface area contributed by atoms with Crippen LogP contribution in [0.25, 0.3) is 0 Å². The van der Waals surface area contributed by atoms with E-state index < -0.39 is 0 Å². The molecule has 0 aromatic heterocycles. The Morgan fingerprint density at radius 1 is 0.828 bits per heavy atom. The van der Waals surface area contributed by atoms with Crippen LogP contribution in [-0.4, -0.2) is 25.9 Å². The summed E-state index contributed by atoms with van der Waals surface area (Å²) in [6, 6.07) is 0.546. The van der Waals surface area contributed by atoms with E-state index in [1.54, 1.807) is 0 Å². The fourth-order valence-corrected chi connectivity index (χ4v) is 7.19. The van der Waals surface area contributed by atoms with Gasteiger partial charge in [0.1, 0.15) is 5.78 Å². The largest absolute Gasteiger partial charge is 1.00 e. The summed E-state index contributed by atoms with van der Waals surface area (Å²) in [7, 11) is 4.54. The molecule has 1 N–H and O–H groups in total. The minimum absolute atomic E-state index is 0. The van der Waals surface area contributed by atoms with Gasteiger partial charge in [0.15, 0.2) is 0 Å². The zero-order valence-corrected chi connectivity index (χ0v) is 21.2. The number of carbonyl (C=O) groups is 1. The second kappa shape index (κ2) is 12.2. The number of hydrogen-bond donors (Lipinski definition) is 1. The monoisotopic (exact) mass is 469 g/mol. The van der Waals surface area contributed by atoms with Crippen molar-refractivity contribution in [2.75, 3.05) is 14.1 Å². The van der Waals surface area contributed by atoms with Crippen molar-refractivity contribution >= 4 is 5.78 Å². The van der Waals surface area contributed by atoms with E-state index in [4.69, 9.17) is 0 Å². The number of rotatable bonds is 14. The molecular formula is C26H48BrNO. The van der Waals surface area contributed by atoms with Crippen LogP contribution in [0.15, 0.2) is 0 Å². The first-order chi connectivity index (χ1) is 13.5. The number of unbranched alkanes of at least 4 members (excludes halogenated alkanes) is 8. The van der Waals surface area contributed by atoms with E-state index in [1.165, 1.54) is 108 Å². The lowest BCUT2D eigenvalue weighted by Crippen LogP contribution is -3.10. The lowest BCUT2D eigenvalue weighted by atomic mass is 9.48. The van der Waals surface area contributed by atoms with Crippen molar-refractivity contribution in [3.05, 3.63) is 0 Å². The first-order valence-corrected chi connectivity index (χ1v) is 12.9. The van der Waals surface area contributed by atoms with Crippen LogP contribution in [0.5, 0.6) is 0 Å². The van der Waals surface area contributed by atoms with Gasteiger partial charge in [0.25, 0.3) is 0 Å². The van der Waals surface area contributed by atoms with E-state index in [9.17, 15) is 4.79 Å². The third kappa shape index (κ3) is 7.06. The summed E-state index contributed by atoms with van der Waals surface area (Å²) in [4.78, 5) is 15.0. The predicted octanol–water partition coefficient (Wildman–Crippen LogP) is 2.60. The summed E-state index contributed by atoms with van der Waals surface area (Å²) in [5.74, 6) is 3.32. The van der Waals surface area contributed by atoms with Crippen LogP contribution < -0.4 is 21.9 Å². The first kappa shape index (κ1) is 25.4. The van der Waals surface area contributed by atoms with Gasteiger partial charge in [-0.2, -0.15) is 0 Å². The predicted molar refractivity (Wildman–Crippen MR) is 119 cm³/mol. The number of nitrogens with one attached hydrogen (secondary N) is 1. The van der Waals surface area contributed by atoms with Gasteiger partial charge in [0, 0.05) is 5.41 Å². The Bertz CT molecular complexity index is 454. The number of Topliss-reactive ketones (excluding diaryl/α,β-unsaturated/α-hetero) is 1. The molecule has 0 radical (unpaired) electrons. The number of ketones is 1. The van der Waals surface area contributed by atoms with Gasteiger partial charge in [-0.1, -0.05) is 58.3 Å². The molecule has 2 nitrogen and oxygen atoms in total. The summed E-state index contributed by atoms with van der Waals surface area (Å²) in [6.07, 6.45) is 22.7. The molecule has 3 heteroatoms. The lowest BCUT2D eigenvalue weighted by Gasteiger charge is -2.56. The average molecular weight is 471 g/mol. The van der Waals surface area contributed by atoms with Crippen LogP contribution >= 0.6 is 0 Å². The number of hydrogen-bond acceptors (Lipinski definition) is 1. The summed E-state index contributed by atoms with van der Waals surface area (Å²) in [5.41, 5.74) is 0.112. The molecule has 4 bridgehead atoms. The van der Waals surface area contributed by atoms with Gasteiger partial charge in [-0.3, -0.25) is 4.79 Å². The molecule has 0 aliphatic heterocycles. The third-order valence-electron chi connectivity index (χ3n) is 8.53. The van der Waals surface area contributed by atoms with E-state index >= 15 is 0 Å². The van der Waals surface area contributed by atoms with Crippen LogP contribution in [0.1, 0.15) is 116 Å². The molecule has 1 unspecified atom stereocenters. The maximum Gasteiger partial charge on any atom is 0.144 e. The molecule has 4 saturated carbocycles. The molecule has 4 rings (SSSR count). The first-order valence-electron chi connectivity index (χ1n) is 12.9. The van der Waals surface area contributed by atoms with Crippen molar-refractivity contribution in [1.29, 1.82) is 0 Å². The van der Waals surface area contributed by atoms with Crippen LogP contribution in [0.2, 0.25) is 0 Å². The zero-order valence-electron chi connectivity index (χ0n) is 19.6. The van der Waals surface area contributed by atoms with Crippen molar-refractivity contribution < 1.29 is 26.7 Å². The molecule has 0 saturated heterocycles. The normalized spacial score (nSPS) is 31.1. The Kier molecular flexibility index (Phi) is 10.7. The van der Waals surface area contributed by atoms with Gasteiger partial charge in [-0.05, 0) is 69.1 Å². The molecule has 4 fully saturated rings. The summed E-state index contributed by atoms with van der Waals surface area (Å²) >= 11 is 0. The second-order valence-electron chi connectivity index (χ2n) is 11.2. The van der Waals surface area contributed by atoms with Crippen molar-refractivity contribution in [3.63, 3.8) is 0 Å². The fourth-order valence-electron chi connectivity index (χ4n) is 7.19. The zero-order chi connectivity index (χ0) is 20.0. The van der Waals surface area contributed by atoms with Crippen LogP contribution in [0, 0.1) is 23.2 Å². The standard InChI is InChI=1S/C26H47NO.BrH/c1-4-5-6-7-8-9-10-11-12-13-24(27(2)3)17-25(28)26-18-21-14-22(19-26)16-23(15-21)20-26;/h21-24H,4-20H2,1-3H3;1H. The van der Waals surface area contributed by atoms with Crippen molar-refractivity contribution in [2.45, 2.75) is 122 Å². The molecule has 0 amide bonds. The molecule has 0 aromatic rings. The topological polar surface area (TPSA) is 21.5 Å².